The van der Waals surface area contributed by atoms with Crippen LogP contribution in [0.15, 0.2) is 5.11 Å². The van der Waals surface area contributed by atoms with Crippen molar-refractivity contribution < 1.29 is 0 Å². The van der Waals surface area contributed by atoms with E-state index < -0.39 is 0 Å². The van der Waals surface area contributed by atoms with Crippen molar-refractivity contribution in [1.29, 1.82) is 0 Å². The summed E-state index contributed by atoms with van der Waals surface area (Å²) in [5.74, 6) is 1.57. The predicted octanol–water partition coefficient (Wildman–Crippen LogP) is 2.34. The van der Waals surface area contributed by atoms with Gasteiger partial charge in [-0.15, -0.1) is 0 Å². The van der Waals surface area contributed by atoms with Crippen LogP contribution in [0.5, 0.6) is 0 Å². The molecule has 0 aromatic carbocycles. The molecule has 3 heteroatoms. The molecule has 0 amide bonds. The molecule has 1 aliphatic carbocycles. The van der Waals surface area contributed by atoms with Gasteiger partial charge < -0.3 is 0 Å². The zero-order valence-corrected chi connectivity index (χ0v) is 5.62. The van der Waals surface area contributed by atoms with E-state index in [0.717, 1.165) is 12.5 Å². The van der Waals surface area contributed by atoms with Crippen LogP contribution in [0, 0.1) is 11.8 Å². The first kappa shape index (κ1) is 6.43. The highest BCUT2D eigenvalue weighted by Gasteiger charge is 2.33. The Morgan fingerprint density at radius 1 is 1.67 bits per heavy atom. The molecule has 3 nitrogen and oxygen atoms in total. The van der Waals surface area contributed by atoms with Crippen molar-refractivity contribution >= 4 is 0 Å². The summed E-state index contributed by atoms with van der Waals surface area (Å²) in [6.07, 6.45) is 2.52. The van der Waals surface area contributed by atoms with Crippen LogP contribution in [0.4, 0.5) is 0 Å². The highest BCUT2D eigenvalue weighted by molar-refractivity contribution is 4.86. The van der Waals surface area contributed by atoms with E-state index in [2.05, 4.69) is 16.9 Å². The second-order valence-electron chi connectivity index (χ2n) is 2.58. The van der Waals surface area contributed by atoms with Gasteiger partial charge in [-0.05, 0) is 23.8 Å². The first-order valence-electron chi connectivity index (χ1n) is 3.39. The molecule has 0 bridgehead atoms. The van der Waals surface area contributed by atoms with Crippen molar-refractivity contribution in [2.75, 3.05) is 6.54 Å². The molecule has 50 valence electrons. The van der Waals surface area contributed by atoms with Gasteiger partial charge in [-0.2, -0.15) is 0 Å². The minimum atomic E-state index is 0.714. The van der Waals surface area contributed by atoms with Gasteiger partial charge in [0.1, 0.15) is 0 Å². The van der Waals surface area contributed by atoms with Crippen molar-refractivity contribution in [3.63, 3.8) is 0 Å². The lowest BCUT2D eigenvalue weighted by atomic mass is 10.2. The SMILES string of the molecule is CCC1CC1CN=[N+]=[N-]. The van der Waals surface area contributed by atoms with E-state index in [9.17, 15) is 0 Å². The summed E-state index contributed by atoms with van der Waals surface area (Å²) in [6.45, 7) is 2.90. The standard InChI is InChI=1S/C6H11N3/c1-2-5-3-6(5)4-8-9-7/h5-6H,2-4H2,1H3. The molecule has 0 aliphatic heterocycles. The van der Waals surface area contributed by atoms with Crippen LogP contribution in [-0.2, 0) is 0 Å². The molecule has 0 N–H and O–H groups in total. The molecule has 1 saturated carbocycles. The lowest BCUT2D eigenvalue weighted by Crippen LogP contribution is -1.83. The van der Waals surface area contributed by atoms with Crippen LogP contribution in [0.3, 0.4) is 0 Å². The first-order chi connectivity index (χ1) is 4.38. The van der Waals surface area contributed by atoms with Crippen LogP contribution in [0.1, 0.15) is 19.8 Å². The number of rotatable bonds is 3. The largest absolute Gasteiger partial charge is 0.0937 e. The lowest BCUT2D eigenvalue weighted by molar-refractivity contribution is 0.686. The molecule has 2 unspecified atom stereocenters. The molecule has 1 rings (SSSR count). The minimum absolute atomic E-state index is 0.714. The lowest BCUT2D eigenvalue weighted by Gasteiger charge is -1.86. The van der Waals surface area contributed by atoms with E-state index in [1.807, 2.05) is 0 Å². The summed E-state index contributed by atoms with van der Waals surface area (Å²) in [5, 5.41) is 3.51. The van der Waals surface area contributed by atoms with E-state index in [4.69, 9.17) is 5.53 Å². The van der Waals surface area contributed by atoms with Gasteiger partial charge >= 0.3 is 0 Å². The fourth-order valence-electron chi connectivity index (χ4n) is 1.18. The summed E-state index contributed by atoms with van der Waals surface area (Å²) in [5.41, 5.74) is 7.96. The summed E-state index contributed by atoms with van der Waals surface area (Å²) in [7, 11) is 0. The Balaban J connectivity index is 2.12. The quantitative estimate of drug-likeness (QED) is 0.316. The summed E-state index contributed by atoms with van der Waals surface area (Å²) >= 11 is 0. The number of hydrogen-bond donors (Lipinski definition) is 0. The van der Waals surface area contributed by atoms with Gasteiger partial charge in [0.25, 0.3) is 0 Å². The van der Waals surface area contributed by atoms with Crippen molar-refractivity contribution in [3.8, 4) is 0 Å². The predicted molar refractivity (Wildman–Crippen MR) is 35.9 cm³/mol. The molecule has 0 heterocycles. The fraction of sp³-hybridized carbons (Fsp3) is 1.00. The van der Waals surface area contributed by atoms with E-state index in [-0.39, 0.29) is 0 Å². The van der Waals surface area contributed by atoms with Crippen LogP contribution < -0.4 is 0 Å². The van der Waals surface area contributed by atoms with E-state index in [1.54, 1.807) is 0 Å². The van der Waals surface area contributed by atoms with Gasteiger partial charge in [0, 0.05) is 11.5 Å². The van der Waals surface area contributed by atoms with Crippen LogP contribution in [0.2, 0.25) is 0 Å². The third kappa shape index (κ3) is 1.61. The van der Waals surface area contributed by atoms with Gasteiger partial charge in [0.2, 0.25) is 0 Å². The first-order valence-corrected chi connectivity index (χ1v) is 3.39. The number of hydrogen-bond acceptors (Lipinski definition) is 1. The van der Waals surface area contributed by atoms with Gasteiger partial charge in [-0.3, -0.25) is 0 Å². The molecule has 0 radical (unpaired) electrons. The average Bonchev–Trinajstić information content (AvgIpc) is 2.62. The third-order valence-electron chi connectivity index (χ3n) is 1.97. The number of azide groups is 1. The minimum Gasteiger partial charge on any atom is -0.0937 e. The van der Waals surface area contributed by atoms with Gasteiger partial charge in [0.05, 0.1) is 0 Å². The van der Waals surface area contributed by atoms with E-state index >= 15 is 0 Å². The monoisotopic (exact) mass is 125 g/mol. The molecule has 0 saturated heterocycles. The maximum atomic E-state index is 7.96. The average molecular weight is 125 g/mol. The second kappa shape index (κ2) is 2.74. The highest BCUT2D eigenvalue weighted by atomic mass is 15.1. The zero-order valence-electron chi connectivity index (χ0n) is 5.62. The fourth-order valence-corrected chi connectivity index (χ4v) is 1.18. The Hall–Kier alpha value is -0.690. The molecule has 0 aromatic rings. The van der Waals surface area contributed by atoms with E-state index in [0.29, 0.717) is 5.92 Å². The normalized spacial score (nSPS) is 31.2. The summed E-state index contributed by atoms with van der Waals surface area (Å²) < 4.78 is 0. The maximum absolute atomic E-state index is 7.96. The Morgan fingerprint density at radius 3 is 2.89 bits per heavy atom. The summed E-state index contributed by atoms with van der Waals surface area (Å²) in [4.78, 5) is 2.71. The van der Waals surface area contributed by atoms with Gasteiger partial charge in [-0.1, -0.05) is 18.5 Å². The van der Waals surface area contributed by atoms with Crippen LogP contribution in [-0.4, -0.2) is 6.54 Å². The number of nitrogens with zero attached hydrogens (tertiary/aromatic N) is 3. The molecule has 1 fully saturated rings. The van der Waals surface area contributed by atoms with Crippen LogP contribution in [0.25, 0.3) is 10.4 Å². The van der Waals surface area contributed by atoms with Crippen molar-refractivity contribution in [1.82, 2.24) is 0 Å². The molecular weight excluding hydrogens is 114 g/mol. The Bertz CT molecular complexity index is 137. The molecule has 9 heavy (non-hydrogen) atoms. The topological polar surface area (TPSA) is 48.8 Å². The van der Waals surface area contributed by atoms with Gasteiger partial charge in [-0.25, -0.2) is 0 Å². The van der Waals surface area contributed by atoms with E-state index in [1.165, 1.54) is 12.8 Å². The molecule has 2 atom stereocenters. The molecule has 1 aliphatic rings. The Morgan fingerprint density at radius 2 is 2.44 bits per heavy atom. The summed E-state index contributed by atoms with van der Waals surface area (Å²) in [6, 6.07) is 0. The molecule has 0 aromatic heterocycles. The van der Waals surface area contributed by atoms with Gasteiger partial charge in [0.15, 0.2) is 0 Å². The molecule has 0 spiro atoms. The van der Waals surface area contributed by atoms with Crippen molar-refractivity contribution in [3.05, 3.63) is 10.4 Å². The highest BCUT2D eigenvalue weighted by Crippen LogP contribution is 2.40. The third-order valence-corrected chi connectivity index (χ3v) is 1.97. The van der Waals surface area contributed by atoms with Crippen molar-refractivity contribution in [2.45, 2.75) is 19.8 Å². The second-order valence-corrected chi connectivity index (χ2v) is 2.58. The Kier molecular flexibility index (Phi) is 1.96. The van der Waals surface area contributed by atoms with Crippen molar-refractivity contribution in [2.24, 2.45) is 17.0 Å². The zero-order chi connectivity index (χ0) is 6.69. The van der Waals surface area contributed by atoms with Crippen LogP contribution >= 0.6 is 0 Å². The Labute approximate surface area is 54.7 Å². The molecular formula is C6H11N3. The smallest absolute Gasteiger partial charge is 0.0289 e. The maximum Gasteiger partial charge on any atom is 0.0289 e.